The SMILES string of the molecule is CCCCc1ccc(-c2nc(C)c(COc3ccc([C@H](CC(=O)O)C(=N)CCO)cc3)s2)cc1. The maximum Gasteiger partial charge on any atom is 0.304 e. The molecule has 180 valence electrons. The first kappa shape index (κ1) is 25.6. The van der Waals surface area contributed by atoms with Gasteiger partial charge in [0.25, 0.3) is 0 Å². The van der Waals surface area contributed by atoms with Crippen molar-refractivity contribution in [3.63, 3.8) is 0 Å². The topological polar surface area (TPSA) is 104 Å². The summed E-state index contributed by atoms with van der Waals surface area (Å²) < 4.78 is 5.97. The van der Waals surface area contributed by atoms with Crippen LogP contribution in [0.3, 0.4) is 0 Å². The van der Waals surface area contributed by atoms with Gasteiger partial charge in [0.05, 0.1) is 17.0 Å². The molecule has 0 amide bonds. The monoisotopic (exact) mass is 480 g/mol. The van der Waals surface area contributed by atoms with Crippen molar-refractivity contribution in [2.24, 2.45) is 0 Å². The Labute approximate surface area is 204 Å². The van der Waals surface area contributed by atoms with Crippen molar-refractivity contribution in [1.82, 2.24) is 4.98 Å². The van der Waals surface area contributed by atoms with Crippen molar-refractivity contribution in [2.75, 3.05) is 6.61 Å². The lowest BCUT2D eigenvalue weighted by Gasteiger charge is -2.17. The molecule has 0 unspecified atom stereocenters. The number of ether oxygens (including phenoxy) is 1. The number of aliphatic hydroxyl groups is 1. The van der Waals surface area contributed by atoms with Gasteiger partial charge in [-0.1, -0.05) is 49.7 Å². The normalized spacial score (nSPS) is 11.9. The quantitative estimate of drug-likeness (QED) is 0.260. The van der Waals surface area contributed by atoms with Crippen LogP contribution in [0.25, 0.3) is 10.6 Å². The van der Waals surface area contributed by atoms with Crippen LogP contribution in [0.4, 0.5) is 0 Å². The van der Waals surface area contributed by atoms with Crippen molar-refractivity contribution in [3.8, 4) is 16.3 Å². The fourth-order valence-electron chi connectivity index (χ4n) is 3.74. The molecule has 0 aliphatic heterocycles. The van der Waals surface area contributed by atoms with Gasteiger partial charge in [-0.25, -0.2) is 4.98 Å². The molecule has 1 heterocycles. The highest BCUT2D eigenvalue weighted by atomic mass is 32.1. The van der Waals surface area contributed by atoms with Crippen LogP contribution in [-0.4, -0.2) is 33.5 Å². The number of carboxylic acid groups (broad SMARTS) is 1. The first-order chi connectivity index (χ1) is 16.4. The fourth-order valence-corrected chi connectivity index (χ4v) is 4.72. The van der Waals surface area contributed by atoms with E-state index in [1.54, 1.807) is 35.6 Å². The number of aliphatic carboxylic acids is 1. The molecule has 0 spiro atoms. The highest BCUT2D eigenvalue weighted by Crippen LogP contribution is 2.30. The molecular weight excluding hydrogens is 448 g/mol. The molecule has 7 heteroatoms. The maximum absolute atomic E-state index is 11.2. The molecule has 0 bridgehead atoms. The number of hydrogen-bond acceptors (Lipinski definition) is 6. The molecule has 2 aromatic carbocycles. The zero-order valence-electron chi connectivity index (χ0n) is 19.7. The summed E-state index contributed by atoms with van der Waals surface area (Å²) in [6.07, 6.45) is 3.47. The number of carboxylic acids is 1. The molecule has 0 saturated carbocycles. The summed E-state index contributed by atoms with van der Waals surface area (Å²) in [6.45, 7) is 4.42. The lowest BCUT2D eigenvalue weighted by Crippen LogP contribution is -2.17. The highest BCUT2D eigenvalue weighted by molar-refractivity contribution is 7.15. The molecule has 0 radical (unpaired) electrons. The van der Waals surface area contributed by atoms with Crippen molar-refractivity contribution in [2.45, 2.75) is 58.5 Å². The van der Waals surface area contributed by atoms with Crippen molar-refractivity contribution < 1.29 is 19.7 Å². The third-order valence-electron chi connectivity index (χ3n) is 5.75. The zero-order chi connectivity index (χ0) is 24.5. The lowest BCUT2D eigenvalue weighted by atomic mass is 9.89. The van der Waals surface area contributed by atoms with E-state index in [4.69, 9.17) is 20.2 Å². The van der Waals surface area contributed by atoms with E-state index in [1.807, 2.05) is 6.92 Å². The number of nitrogens with zero attached hydrogens (tertiary/aromatic N) is 1. The first-order valence-corrected chi connectivity index (χ1v) is 12.4. The average Bonchev–Trinajstić information content (AvgIpc) is 3.21. The number of unbranched alkanes of at least 4 members (excludes halogenated alkanes) is 1. The number of rotatable bonds is 13. The number of benzene rings is 2. The zero-order valence-corrected chi connectivity index (χ0v) is 20.5. The Bertz CT molecular complexity index is 1090. The van der Waals surface area contributed by atoms with E-state index >= 15 is 0 Å². The minimum absolute atomic E-state index is 0.157. The number of hydrogen-bond donors (Lipinski definition) is 3. The minimum Gasteiger partial charge on any atom is -0.488 e. The first-order valence-electron chi connectivity index (χ1n) is 11.6. The van der Waals surface area contributed by atoms with Crippen molar-refractivity contribution in [3.05, 3.63) is 70.2 Å². The predicted octanol–water partition coefficient (Wildman–Crippen LogP) is 6.00. The Morgan fingerprint density at radius 2 is 1.85 bits per heavy atom. The Kier molecular flexibility index (Phi) is 9.36. The second-order valence-electron chi connectivity index (χ2n) is 8.34. The van der Waals surface area contributed by atoms with Gasteiger partial charge in [0.1, 0.15) is 17.4 Å². The van der Waals surface area contributed by atoms with E-state index in [1.165, 1.54) is 18.4 Å². The molecule has 0 aliphatic rings. The summed E-state index contributed by atoms with van der Waals surface area (Å²) in [5.41, 5.74) is 4.35. The van der Waals surface area contributed by atoms with Gasteiger partial charge in [-0.15, -0.1) is 11.3 Å². The Morgan fingerprint density at radius 1 is 1.15 bits per heavy atom. The van der Waals surface area contributed by atoms with Gasteiger partial charge in [0.15, 0.2) is 0 Å². The summed E-state index contributed by atoms with van der Waals surface area (Å²) in [5, 5.41) is 27.4. The molecule has 3 aromatic rings. The van der Waals surface area contributed by atoms with Gasteiger partial charge >= 0.3 is 5.97 Å². The number of thiazole rings is 1. The van der Waals surface area contributed by atoms with E-state index in [2.05, 4.69) is 31.2 Å². The summed E-state index contributed by atoms with van der Waals surface area (Å²) in [4.78, 5) is 17.0. The Hall–Kier alpha value is -3.03. The summed E-state index contributed by atoms with van der Waals surface area (Å²) in [7, 11) is 0. The summed E-state index contributed by atoms with van der Waals surface area (Å²) in [5.74, 6) is -0.861. The van der Waals surface area contributed by atoms with Gasteiger partial charge in [-0.2, -0.15) is 0 Å². The van der Waals surface area contributed by atoms with E-state index < -0.39 is 11.9 Å². The number of aliphatic hydroxyl groups excluding tert-OH is 1. The number of aromatic nitrogens is 1. The molecular formula is C27H32N2O4S. The van der Waals surface area contributed by atoms with Crippen LogP contribution in [0.1, 0.15) is 60.2 Å². The van der Waals surface area contributed by atoms with Gasteiger partial charge in [-0.3, -0.25) is 4.79 Å². The molecule has 0 saturated heterocycles. The highest BCUT2D eigenvalue weighted by Gasteiger charge is 2.20. The molecule has 1 atom stereocenters. The van der Waals surface area contributed by atoms with E-state index in [-0.39, 0.29) is 25.2 Å². The number of carbonyl (C=O) groups is 1. The average molecular weight is 481 g/mol. The van der Waals surface area contributed by atoms with Crippen LogP contribution in [0.15, 0.2) is 48.5 Å². The number of nitrogens with one attached hydrogen (secondary N) is 1. The van der Waals surface area contributed by atoms with Crippen LogP contribution in [0, 0.1) is 12.3 Å². The summed E-state index contributed by atoms with van der Waals surface area (Å²) in [6, 6.07) is 15.8. The van der Waals surface area contributed by atoms with Crippen LogP contribution >= 0.6 is 11.3 Å². The van der Waals surface area contributed by atoms with Gasteiger partial charge in [-0.05, 0) is 43.0 Å². The Balaban J connectivity index is 1.65. The Morgan fingerprint density at radius 3 is 2.47 bits per heavy atom. The fraction of sp³-hybridized carbons (Fsp3) is 0.370. The third kappa shape index (κ3) is 6.98. The van der Waals surface area contributed by atoms with Gasteiger partial charge in [0.2, 0.25) is 0 Å². The minimum atomic E-state index is -0.972. The second kappa shape index (κ2) is 12.4. The third-order valence-corrected chi connectivity index (χ3v) is 6.93. The van der Waals surface area contributed by atoms with Crippen LogP contribution in [0.5, 0.6) is 5.75 Å². The van der Waals surface area contributed by atoms with Crippen molar-refractivity contribution in [1.29, 1.82) is 5.41 Å². The largest absolute Gasteiger partial charge is 0.488 e. The van der Waals surface area contributed by atoms with E-state index in [0.717, 1.165) is 33.1 Å². The maximum atomic E-state index is 11.2. The van der Waals surface area contributed by atoms with Crippen LogP contribution < -0.4 is 4.74 Å². The van der Waals surface area contributed by atoms with Gasteiger partial charge < -0.3 is 20.4 Å². The van der Waals surface area contributed by atoms with Gasteiger partial charge in [0, 0.05) is 30.2 Å². The van der Waals surface area contributed by atoms with Crippen LogP contribution in [-0.2, 0) is 17.8 Å². The molecule has 3 rings (SSSR count). The second-order valence-corrected chi connectivity index (χ2v) is 9.42. The molecule has 1 aromatic heterocycles. The van der Waals surface area contributed by atoms with E-state index in [0.29, 0.717) is 12.4 Å². The van der Waals surface area contributed by atoms with E-state index in [9.17, 15) is 9.90 Å². The molecule has 0 fully saturated rings. The molecule has 34 heavy (non-hydrogen) atoms. The lowest BCUT2D eigenvalue weighted by molar-refractivity contribution is -0.137. The van der Waals surface area contributed by atoms with Crippen molar-refractivity contribution >= 4 is 23.0 Å². The molecule has 0 aliphatic carbocycles. The predicted molar refractivity (Wildman–Crippen MR) is 136 cm³/mol. The smallest absolute Gasteiger partial charge is 0.304 e. The summed E-state index contributed by atoms with van der Waals surface area (Å²) >= 11 is 1.63. The standard InChI is InChI=1S/C27H32N2O4S/c1-3-4-5-19-6-8-21(9-7-19)27-29-18(2)25(34-27)17-33-22-12-10-20(11-13-22)23(16-26(31)32)24(28)14-15-30/h6-13,23,28,30H,3-5,14-17H2,1-2H3,(H,31,32)/t23-/m0/s1. The molecule has 3 N–H and O–H groups in total. The molecule has 6 nitrogen and oxygen atoms in total. The van der Waals surface area contributed by atoms with Crippen LogP contribution in [0.2, 0.25) is 0 Å². The number of aryl methyl sites for hydroxylation is 2.